The van der Waals surface area contributed by atoms with Crippen molar-refractivity contribution >= 4 is 18.1 Å². The van der Waals surface area contributed by atoms with Crippen molar-refractivity contribution in [3.63, 3.8) is 0 Å². The lowest BCUT2D eigenvalue weighted by atomic mass is 9.91. The summed E-state index contributed by atoms with van der Waals surface area (Å²) in [5.41, 5.74) is 0. The highest BCUT2D eigenvalue weighted by molar-refractivity contribution is 5.70. The van der Waals surface area contributed by atoms with E-state index in [0.29, 0.717) is 25.2 Å². The first-order valence-electron chi connectivity index (χ1n) is 23.1. The summed E-state index contributed by atoms with van der Waals surface area (Å²) in [6.07, 6.45) is 31.9. The summed E-state index contributed by atoms with van der Waals surface area (Å²) in [6, 6.07) is 0. The summed E-state index contributed by atoms with van der Waals surface area (Å²) < 4.78 is 23.4. The molecule has 320 valence electrons. The number of carbonyl (C=O) groups excluding carboxylic acids is 3. The van der Waals surface area contributed by atoms with Crippen LogP contribution in [0.1, 0.15) is 233 Å². The van der Waals surface area contributed by atoms with Gasteiger partial charge in [0.25, 0.3) is 5.79 Å². The molecule has 0 radical (unpaired) electrons. The highest BCUT2D eigenvalue weighted by atomic mass is 16.8. The third-order valence-electron chi connectivity index (χ3n) is 10.6. The minimum atomic E-state index is -1.53. The van der Waals surface area contributed by atoms with Gasteiger partial charge in [-0.1, -0.05) is 175 Å². The lowest BCUT2D eigenvalue weighted by Crippen LogP contribution is -2.42. The van der Waals surface area contributed by atoms with Crippen LogP contribution in [-0.2, 0) is 28.5 Å². The Morgan fingerprint density at radius 1 is 0.481 bits per heavy atom. The molecule has 8 heteroatoms. The molecular weight excluding hydrogens is 679 g/mol. The zero-order valence-corrected chi connectivity index (χ0v) is 36.6. The van der Waals surface area contributed by atoms with Crippen LogP contribution in [0.2, 0.25) is 0 Å². The predicted octanol–water partition coefficient (Wildman–Crippen LogP) is 13.7. The number of esters is 2. The number of hydrogen-bond acceptors (Lipinski definition) is 8. The number of rotatable bonds is 40. The molecule has 0 N–H and O–H groups in total. The average Bonchev–Trinajstić information content (AvgIpc) is 3.13. The third-order valence-corrected chi connectivity index (χ3v) is 10.6. The molecule has 0 bridgehead atoms. The van der Waals surface area contributed by atoms with Gasteiger partial charge in [0.1, 0.15) is 0 Å². The minimum Gasteiger partial charge on any atom is -0.465 e. The second-order valence-corrected chi connectivity index (χ2v) is 16.3. The Morgan fingerprint density at radius 3 is 1.44 bits per heavy atom. The Hall–Kier alpha value is -1.83. The third kappa shape index (κ3) is 33.5. The van der Waals surface area contributed by atoms with Gasteiger partial charge in [0.2, 0.25) is 0 Å². The van der Waals surface area contributed by atoms with Crippen molar-refractivity contribution < 1.29 is 33.3 Å². The fourth-order valence-corrected chi connectivity index (χ4v) is 7.12. The van der Waals surface area contributed by atoms with Gasteiger partial charge in [-0.05, 0) is 52.1 Å². The van der Waals surface area contributed by atoms with Crippen molar-refractivity contribution in [3.8, 4) is 0 Å². The first-order chi connectivity index (χ1) is 26.2. The van der Waals surface area contributed by atoms with Crippen LogP contribution in [0.4, 0.5) is 4.79 Å². The fraction of sp³-hybridized carbons (Fsp3) is 0.935. The van der Waals surface area contributed by atoms with Crippen molar-refractivity contribution in [2.75, 3.05) is 33.9 Å². The highest BCUT2D eigenvalue weighted by Gasteiger charge is 2.39. The SMILES string of the molecule is CCCCCCCCCCC(CCOC(=O)CC(CCCCCCCC)CCCCCCCC)(OC(=O)CCCCCCC)OC(=O)OCCCN(C)C. The van der Waals surface area contributed by atoms with E-state index in [1.165, 1.54) is 89.9 Å². The van der Waals surface area contributed by atoms with E-state index < -0.39 is 11.9 Å². The number of nitrogens with zero attached hydrogens (tertiary/aromatic N) is 1. The van der Waals surface area contributed by atoms with Crippen LogP contribution in [0.25, 0.3) is 0 Å². The molecule has 0 spiro atoms. The van der Waals surface area contributed by atoms with Gasteiger partial charge in [0, 0.05) is 25.8 Å². The van der Waals surface area contributed by atoms with E-state index in [2.05, 4.69) is 27.7 Å². The molecule has 0 rings (SSSR count). The Kier molecular flexibility index (Phi) is 36.8. The lowest BCUT2D eigenvalue weighted by molar-refractivity contribution is -0.224. The van der Waals surface area contributed by atoms with Crippen LogP contribution >= 0.6 is 0 Å². The van der Waals surface area contributed by atoms with Crippen LogP contribution in [0.15, 0.2) is 0 Å². The maximum absolute atomic E-state index is 13.3. The van der Waals surface area contributed by atoms with Crippen LogP contribution in [-0.4, -0.2) is 62.6 Å². The molecule has 0 saturated carbocycles. The number of carbonyl (C=O) groups is 3. The predicted molar refractivity (Wildman–Crippen MR) is 225 cm³/mol. The van der Waals surface area contributed by atoms with Crippen molar-refractivity contribution in [1.82, 2.24) is 4.90 Å². The van der Waals surface area contributed by atoms with Gasteiger partial charge >= 0.3 is 18.1 Å². The van der Waals surface area contributed by atoms with E-state index in [4.69, 9.17) is 18.9 Å². The van der Waals surface area contributed by atoms with Crippen LogP contribution < -0.4 is 0 Å². The van der Waals surface area contributed by atoms with Gasteiger partial charge in [-0.3, -0.25) is 9.59 Å². The molecule has 0 heterocycles. The smallest absolute Gasteiger partial charge is 0.465 e. The summed E-state index contributed by atoms with van der Waals surface area (Å²) in [4.78, 5) is 41.8. The molecule has 0 fully saturated rings. The molecule has 0 aromatic heterocycles. The molecule has 0 aliphatic carbocycles. The molecule has 0 aromatic carbocycles. The average molecular weight is 768 g/mol. The molecular formula is C46H89NO7. The summed E-state index contributed by atoms with van der Waals surface area (Å²) >= 11 is 0. The Morgan fingerprint density at radius 2 is 0.944 bits per heavy atom. The summed E-state index contributed by atoms with van der Waals surface area (Å²) in [5, 5.41) is 0. The Labute approximate surface area is 334 Å². The van der Waals surface area contributed by atoms with Crippen molar-refractivity contribution in [3.05, 3.63) is 0 Å². The molecule has 54 heavy (non-hydrogen) atoms. The molecule has 0 aliphatic rings. The molecule has 1 unspecified atom stereocenters. The van der Waals surface area contributed by atoms with E-state index in [9.17, 15) is 14.4 Å². The van der Waals surface area contributed by atoms with Gasteiger partial charge in [-0.25, -0.2) is 4.79 Å². The maximum Gasteiger partial charge on any atom is 0.511 e. The van der Waals surface area contributed by atoms with Crippen LogP contribution in [0.5, 0.6) is 0 Å². The zero-order valence-electron chi connectivity index (χ0n) is 36.6. The van der Waals surface area contributed by atoms with E-state index in [1.807, 2.05) is 19.0 Å². The summed E-state index contributed by atoms with van der Waals surface area (Å²) in [6.45, 7) is 9.89. The topological polar surface area (TPSA) is 91.4 Å². The second-order valence-electron chi connectivity index (χ2n) is 16.3. The number of ether oxygens (including phenoxy) is 4. The van der Waals surface area contributed by atoms with Gasteiger partial charge < -0.3 is 23.8 Å². The second kappa shape index (κ2) is 38.1. The zero-order chi connectivity index (χ0) is 40.0. The largest absolute Gasteiger partial charge is 0.511 e. The maximum atomic E-state index is 13.3. The quantitative estimate of drug-likeness (QED) is 0.0263. The van der Waals surface area contributed by atoms with E-state index in [1.54, 1.807) is 0 Å². The lowest BCUT2D eigenvalue weighted by Gasteiger charge is -2.32. The minimum absolute atomic E-state index is 0.0221. The molecule has 0 aromatic rings. The molecule has 8 nitrogen and oxygen atoms in total. The van der Waals surface area contributed by atoms with Crippen LogP contribution in [0, 0.1) is 5.92 Å². The van der Waals surface area contributed by atoms with Gasteiger partial charge in [0.15, 0.2) is 0 Å². The van der Waals surface area contributed by atoms with E-state index in [0.717, 1.165) is 90.0 Å². The van der Waals surface area contributed by atoms with Crippen LogP contribution in [0.3, 0.4) is 0 Å². The Balaban J connectivity index is 5.66. The molecule has 0 amide bonds. The molecule has 1 atom stereocenters. The van der Waals surface area contributed by atoms with Crippen molar-refractivity contribution in [2.45, 2.75) is 239 Å². The first-order valence-corrected chi connectivity index (χ1v) is 23.1. The number of hydrogen-bond donors (Lipinski definition) is 0. The van der Waals surface area contributed by atoms with Gasteiger partial charge in [0.05, 0.1) is 19.6 Å². The van der Waals surface area contributed by atoms with E-state index in [-0.39, 0.29) is 38.0 Å². The van der Waals surface area contributed by atoms with Gasteiger partial charge in [-0.2, -0.15) is 0 Å². The fourth-order valence-electron chi connectivity index (χ4n) is 7.12. The van der Waals surface area contributed by atoms with Crippen molar-refractivity contribution in [2.24, 2.45) is 5.92 Å². The van der Waals surface area contributed by atoms with Gasteiger partial charge in [-0.15, -0.1) is 0 Å². The summed E-state index contributed by atoms with van der Waals surface area (Å²) in [7, 11) is 3.95. The first kappa shape index (κ1) is 52.2. The highest BCUT2D eigenvalue weighted by Crippen LogP contribution is 2.29. The monoisotopic (exact) mass is 768 g/mol. The molecule has 0 aliphatic heterocycles. The Bertz CT molecular complexity index is 850. The normalized spacial score (nSPS) is 12.6. The number of unbranched alkanes of at least 4 members (excludes halogenated alkanes) is 21. The standard InChI is InChI=1S/C46H89NO7/c1-7-11-15-19-22-23-27-31-36-46(53-43(48)35-30-24-18-14-10-4,54-45(50)52-39-32-38-47(5)6)37-40-51-44(49)41-42(33-28-25-20-16-12-8-2)34-29-26-21-17-13-9-3/h42H,7-41H2,1-6H3. The summed E-state index contributed by atoms with van der Waals surface area (Å²) in [5.74, 6) is -1.81. The van der Waals surface area contributed by atoms with E-state index >= 15 is 0 Å². The molecule has 0 saturated heterocycles. The van der Waals surface area contributed by atoms with Crippen molar-refractivity contribution in [1.29, 1.82) is 0 Å².